The lowest BCUT2D eigenvalue weighted by Gasteiger charge is -2.00. The maximum Gasteiger partial charge on any atom is 0.123 e. The SMILES string of the molecule is C=C(CBr)c1cccc(F)c1. The van der Waals surface area contributed by atoms with Gasteiger partial charge in [-0.15, -0.1) is 0 Å². The molecule has 0 radical (unpaired) electrons. The quantitative estimate of drug-likeness (QED) is 0.664. The predicted molar refractivity (Wildman–Crippen MR) is 49.2 cm³/mol. The molecule has 0 amide bonds. The fraction of sp³-hybridized carbons (Fsp3) is 0.111. The maximum atomic E-state index is 12.6. The van der Waals surface area contributed by atoms with Gasteiger partial charge in [-0.1, -0.05) is 34.6 Å². The molecule has 2 heteroatoms. The second kappa shape index (κ2) is 3.67. The third kappa shape index (κ3) is 2.15. The van der Waals surface area contributed by atoms with Crippen molar-refractivity contribution in [2.45, 2.75) is 0 Å². The number of allylic oxidation sites excluding steroid dienone is 1. The molecule has 0 N–H and O–H groups in total. The number of hydrogen-bond donors (Lipinski definition) is 0. The van der Waals surface area contributed by atoms with E-state index in [-0.39, 0.29) is 5.82 Å². The van der Waals surface area contributed by atoms with Crippen LogP contribution < -0.4 is 0 Å². The number of benzene rings is 1. The van der Waals surface area contributed by atoms with Crippen molar-refractivity contribution in [1.29, 1.82) is 0 Å². The average Bonchev–Trinajstić information content (AvgIpc) is 2.03. The Morgan fingerprint density at radius 2 is 2.27 bits per heavy atom. The zero-order valence-electron chi connectivity index (χ0n) is 5.98. The van der Waals surface area contributed by atoms with Gasteiger partial charge in [0.1, 0.15) is 5.82 Å². The maximum absolute atomic E-state index is 12.6. The summed E-state index contributed by atoms with van der Waals surface area (Å²) in [6.07, 6.45) is 0. The van der Waals surface area contributed by atoms with Crippen LogP contribution in [0.15, 0.2) is 30.8 Å². The Balaban J connectivity index is 2.96. The lowest BCUT2D eigenvalue weighted by atomic mass is 10.1. The van der Waals surface area contributed by atoms with Gasteiger partial charge in [-0.2, -0.15) is 0 Å². The minimum atomic E-state index is -0.218. The van der Waals surface area contributed by atoms with Crippen LogP contribution in [0.25, 0.3) is 5.57 Å². The summed E-state index contributed by atoms with van der Waals surface area (Å²) in [5.74, 6) is -0.218. The van der Waals surface area contributed by atoms with Crippen molar-refractivity contribution in [3.63, 3.8) is 0 Å². The average molecular weight is 215 g/mol. The van der Waals surface area contributed by atoms with Crippen molar-refractivity contribution in [3.05, 3.63) is 42.2 Å². The van der Waals surface area contributed by atoms with E-state index in [2.05, 4.69) is 22.5 Å². The third-order valence-electron chi connectivity index (χ3n) is 1.39. The van der Waals surface area contributed by atoms with E-state index in [1.54, 1.807) is 6.07 Å². The van der Waals surface area contributed by atoms with E-state index in [0.29, 0.717) is 5.33 Å². The Morgan fingerprint density at radius 1 is 1.55 bits per heavy atom. The molecule has 1 rings (SSSR count). The van der Waals surface area contributed by atoms with E-state index in [4.69, 9.17) is 0 Å². The molecule has 0 spiro atoms. The Kier molecular flexibility index (Phi) is 2.83. The fourth-order valence-corrected chi connectivity index (χ4v) is 1.11. The highest BCUT2D eigenvalue weighted by Gasteiger charge is 1.97. The standard InChI is InChI=1S/C9H8BrF/c1-7(6-10)8-3-2-4-9(11)5-8/h2-5H,1,6H2. The van der Waals surface area contributed by atoms with E-state index in [9.17, 15) is 4.39 Å². The number of alkyl halides is 1. The third-order valence-corrected chi connectivity index (χ3v) is 2.07. The zero-order valence-corrected chi connectivity index (χ0v) is 7.57. The molecule has 0 aliphatic rings. The second-order valence-corrected chi connectivity index (χ2v) is 2.81. The Morgan fingerprint density at radius 3 is 2.82 bits per heavy atom. The van der Waals surface area contributed by atoms with Gasteiger partial charge in [0.2, 0.25) is 0 Å². The Bertz CT molecular complexity index is 268. The van der Waals surface area contributed by atoms with Gasteiger partial charge in [-0.25, -0.2) is 4.39 Å². The first-order valence-electron chi connectivity index (χ1n) is 3.23. The molecule has 0 unspecified atom stereocenters. The largest absolute Gasteiger partial charge is 0.207 e. The summed E-state index contributed by atoms with van der Waals surface area (Å²) in [6, 6.07) is 6.42. The normalized spacial score (nSPS) is 9.64. The summed E-state index contributed by atoms with van der Waals surface area (Å²) >= 11 is 3.25. The Labute approximate surface area is 73.9 Å². The van der Waals surface area contributed by atoms with E-state index in [1.807, 2.05) is 6.07 Å². The molecule has 0 aliphatic carbocycles. The van der Waals surface area contributed by atoms with Crippen LogP contribution in [0.2, 0.25) is 0 Å². The smallest absolute Gasteiger partial charge is 0.123 e. The molecule has 11 heavy (non-hydrogen) atoms. The van der Waals surface area contributed by atoms with Crippen LogP contribution in [0.3, 0.4) is 0 Å². The number of rotatable bonds is 2. The molecular weight excluding hydrogens is 207 g/mol. The van der Waals surface area contributed by atoms with Crippen molar-refractivity contribution in [3.8, 4) is 0 Å². The molecule has 0 saturated carbocycles. The summed E-state index contributed by atoms with van der Waals surface area (Å²) in [5.41, 5.74) is 1.74. The van der Waals surface area contributed by atoms with Crippen molar-refractivity contribution in [1.82, 2.24) is 0 Å². The van der Waals surface area contributed by atoms with Gasteiger partial charge in [0.25, 0.3) is 0 Å². The topological polar surface area (TPSA) is 0 Å². The summed E-state index contributed by atoms with van der Waals surface area (Å²) in [5, 5.41) is 0.677. The minimum Gasteiger partial charge on any atom is -0.207 e. The highest BCUT2D eigenvalue weighted by Crippen LogP contribution is 2.14. The number of hydrogen-bond acceptors (Lipinski definition) is 0. The van der Waals surface area contributed by atoms with E-state index < -0.39 is 0 Å². The van der Waals surface area contributed by atoms with Crippen LogP contribution in [0, 0.1) is 5.82 Å². The van der Waals surface area contributed by atoms with Crippen LogP contribution in [0.4, 0.5) is 4.39 Å². The highest BCUT2D eigenvalue weighted by molar-refractivity contribution is 9.09. The van der Waals surface area contributed by atoms with Gasteiger partial charge >= 0.3 is 0 Å². The Hall–Kier alpha value is -0.630. The highest BCUT2D eigenvalue weighted by atomic mass is 79.9. The van der Waals surface area contributed by atoms with Crippen LogP contribution in [-0.2, 0) is 0 Å². The molecule has 0 aliphatic heterocycles. The van der Waals surface area contributed by atoms with Gasteiger partial charge in [0, 0.05) is 5.33 Å². The van der Waals surface area contributed by atoms with Crippen molar-refractivity contribution >= 4 is 21.5 Å². The van der Waals surface area contributed by atoms with Crippen LogP contribution in [0.1, 0.15) is 5.56 Å². The van der Waals surface area contributed by atoms with Crippen LogP contribution in [-0.4, -0.2) is 5.33 Å². The molecule has 0 aromatic heterocycles. The molecule has 0 fully saturated rings. The minimum absolute atomic E-state index is 0.218. The van der Waals surface area contributed by atoms with E-state index in [0.717, 1.165) is 11.1 Å². The molecule has 0 heterocycles. The zero-order chi connectivity index (χ0) is 8.27. The summed E-state index contributed by atoms with van der Waals surface area (Å²) in [7, 11) is 0. The number of halogens is 2. The summed E-state index contributed by atoms with van der Waals surface area (Å²) in [6.45, 7) is 3.77. The van der Waals surface area contributed by atoms with E-state index >= 15 is 0 Å². The van der Waals surface area contributed by atoms with Crippen molar-refractivity contribution in [2.24, 2.45) is 0 Å². The van der Waals surface area contributed by atoms with E-state index in [1.165, 1.54) is 12.1 Å². The van der Waals surface area contributed by atoms with Gasteiger partial charge in [0.15, 0.2) is 0 Å². The first kappa shape index (κ1) is 8.47. The molecular formula is C9H8BrF. The summed E-state index contributed by atoms with van der Waals surface area (Å²) < 4.78 is 12.6. The molecule has 1 aromatic rings. The molecule has 58 valence electrons. The van der Waals surface area contributed by atoms with Crippen molar-refractivity contribution in [2.75, 3.05) is 5.33 Å². The van der Waals surface area contributed by atoms with Gasteiger partial charge in [0.05, 0.1) is 0 Å². The van der Waals surface area contributed by atoms with Gasteiger partial charge < -0.3 is 0 Å². The molecule has 1 aromatic carbocycles. The lowest BCUT2D eigenvalue weighted by molar-refractivity contribution is 0.627. The molecule has 0 saturated heterocycles. The summed E-state index contributed by atoms with van der Waals surface area (Å²) in [4.78, 5) is 0. The van der Waals surface area contributed by atoms with Gasteiger partial charge in [-0.05, 0) is 23.3 Å². The molecule has 0 atom stereocenters. The van der Waals surface area contributed by atoms with Crippen molar-refractivity contribution < 1.29 is 4.39 Å². The predicted octanol–water partition coefficient (Wildman–Crippen LogP) is 3.23. The van der Waals surface area contributed by atoms with Crippen LogP contribution >= 0.6 is 15.9 Å². The monoisotopic (exact) mass is 214 g/mol. The molecule has 0 bridgehead atoms. The van der Waals surface area contributed by atoms with Crippen LogP contribution in [0.5, 0.6) is 0 Å². The molecule has 0 nitrogen and oxygen atoms in total. The lowest BCUT2D eigenvalue weighted by Crippen LogP contribution is -1.84. The first-order valence-corrected chi connectivity index (χ1v) is 4.36. The van der Waals surface area contributed by atoms with Gasteiger partial charge in [-0.3, -0.25) is 0 Å². The first-order chi connectivity index (χ1) is 5.24. The second-order valence-electron chi connectivity index (χ2n) is 2.25. The fourth-order valence-electron chi connectivity index (χ4n) is 0.786.